The molecular formula is C17H13NO2. The molecule has 0 aliphatic rings. The number of para-hydroxylation sites is 1. The molecule has 0 unspecified atom stereocenters. The van der Waals surface area contributed by atoms with Crippen molar-refractivity contribution in [3.8, 4) is 16.9 Å². The van der Waals surface area contributed by atoms with E-state index in [1.807, 2.05) is 48.5 Å². The summed E-state index contributed by atoms with van der Waals surface area (Å²) in [6, 6.07) is 19.3. The number of phenols is 1. The fraction of sp³-hybridized carbons (Fsp3) is 0. The average molecular weight is 263 g/mol. The Morgan fingerprint density at radius 3 is 2.50 bits per heavy atom. The fourth-order valence-corrected chi connectivity index (χ4v) is 2.31. The van der Waals surface area contributed by atoms with Gasteiger partial charge in [-0.3, -0.25) is 4.79 Å². The third-order valence-corrected chi connectivity index (χ3v) is 3.31. The quantitative estimate of drug-likeness (QED) is 0.558. The Hall–Kier alpha value is -2.81. The van der Waals surface area contributed by atoms with E-state index in [-0.39, 0.29) is 5.75 Å². The van der Waals surface area contributed by atoms with E-state index in [1.54, 1.807) is 12.1 Å². The SMILES string of the molecule is O=CNc1cccc(-c2ccc3ccccc3c2)c1O. The second-order valence-electron chi connectivity index (χ2n) is 4.53. The normalized spacial score (nSPS) is 10.4. The summed E-state index contributed by atoms with van der Waals surface area (Å²) in [5.41, 5.74) is 2.02. The number of amides is 1. The Morgan fingerprint density at radius 2 is 1.70 bits per heavy atom. The van der Waals surface area contributed by atoms with Crippen LogP contribution < -0.4 is 5.32 Å². The monoisotopic (exact) mass is 263 g/mol. The van der Waals surface area contributed by atoms with Crippen LogP contribution >= 0.6 is 0 Å². The molecule has 1 amide bonds. The maximum Gasteiger partial charge on any atom is 0.211 e. The van der Waals surface area contributed by atoms with Crippen LogP contribution in [0.5, 0.6) is 5.75 Å². The summed E-state index contributed by atoms with van der Waals surface area (Å²) in [5.74, 6) is 0.0786. The Balaban J connectivity index is 2.15. The molecule has 0 spiro atoms. The highest BCUT2D eigenvalue weighted by Crippen LogP contribution is 2.36. The highest BCUT2D eigenvalue weighted by atomic mass is 16.3. The van der Waals surface area contributed by atoms with Gasteiger partial charge in [-0.1, -0.05) is 48.5 Å². The highest BCUT2D eigenvalue weighted by Gasteiger charge is 2.08. The Morgan fingerprint density at radius 1 is 0.900 bits per heavy atom. The van der Waals surface area contributed by atoms with E-state index in [9.17, 15) is 9.90 Å². The van der Waals surface area contributed by atoms with Crippen molar-refractivity contribution < 1.29 is 9.90 Å². The number of rotatable bonds is 3. The lowest BCUT2D eigenvalue weighted by atomic mass is 10.00. The van der Waals surface area contributed by atoms with Gasteiger partial charge in [-0.05, 0) is 28.5 Å². The number of anilines is 1. The summed E-state index contributed by atoms with van der Waals surface area (Å²) in [6.07, 6.45) is 0.555. The van der Waals surface area contributed by atoms with Gasteiger partial charge >= 0.3 is 0 Å². The first-order valence-electron chi connectivity index (χ1n) is 6.31. The van der Waals surface area contributed by atoms with Gasteiger partial charge in [-0.15, -0.1) is 0 Å². The van der Waals surface area contributed by atoms with Crippen LogP contribution in [0.15, 0.2) is 60.7 Å². The number of carbonyl (C=O) groups is 1. The largest absolute Gasteiger partial charge is 0.505 e. The molecule has 0 atom stereocenters. The van der Waals surface area contributed by atoms with Crippen LogP contribution in [0.2, 0.25) is 0 Å². The topological polar surface area (TPSA) is 49.3 Å². The first-order chi connectivity index (χ1) is 9.79. The van der Waals surface area contributed by atoms with Crippen molar-refractivity contribution in [2.45, 2.75) is 0 Å². The van der Waals surface area contributed by atoms with Gasteiger partial charge in [-0.2, -0.15) is 0 Å². The molecule has 3 rings (SSSR count). The molecule has 3 aromatic rings. The van der Waals surface area contributed by atoms with Crippen molar-refractivity contribution in [2.24, 2.45) is 0 Å². The molecule has 0 bridgehead atoms. The molecule has 3 heteroatoms. The van der Waals surface area contributed by atoms with Gasteiger partial charge in [0.15, 0.2) is 0 Å². The average Bonchev–Trinajstić information content (AvgIpc) is 2.49. The molecule has 98 valence electrons. The van der Waals surface area contributed by atoms with Crippen LogP contribution in [0, 0.1) is 0 Å². The van der Waals surface area contributed by atoms with E-state index in [1.165, 1.54) is 0 Å². The van der Waals surface area contributed by atoms with E-state index in [2.05, 4.69) is 5.32 Å². The third-order valence-electron chi connectivity index (χ3n) is 3.31. The standard InChI is InChI=1S/C17H13NO2/c19-11-18-16-7-3-6-15(17(16)20)14-9-8-12-4-1-2-5-13(12)10-14/h1-11,20H,(H,18,19). The summed E-state index contributed by atoms with van der Waals surface area (Å²) >= 11 is 0. The first-order valence-corrected chi connectivity index (χ1v) is 6.31. The lowest BCUT2D eigenvalue weighted by molar-refractivity contribution is -0.105. The number of benzene rings is 3. The number of nitrogens with one attached hydrogen (secondary N) is 1. The predicted octanol–water partition coefficient (Wildman–Crippen LogP) is 3.78. The molecule has 0 radical (unpaired) electrons. The van der Waals surface area contributed by atoms with Crippen LogP contribution in [-0.2, 0) is 4.79 Å². The minimum Gasteiger partial charge on any atom is -0.505 e. The van der Waals surface area contributed by atoms with Crippen LogP contribution in [0.1, 0.15) is 0 Å². The molecule has 3 aromatic carbocycles. The van der Waals surface area contributed by atoms with Gasteiger partial charge < -0.3 is 10.4 Å². The molecule has 0 heterocycles. The van der Waals surface area contributed by atoms with Gasteiger partial charge in [0.2, 0.25) is 6.41 Å². The lowest BCUT2D eigenvalue weighted by Gasteiger charge is -2.09. The van der Waals surface area contributed by atoms with Crippen LogP contribution in [0.25, 0.3) is 21.9 Å². The van der Waals surface area contributed by atoms with Crippen LogP contribution in [0.3, 0.4) is 0 Å². The molecule has 0 aliphatic carbocycles. The zero-order valence-electron chi connectivity index (χ0n) is 10.7. The molecular weight excluding hydrogens is 250 g/mol. The number of aromatic hydroxyl groups is 1. The number of fused-ring (bicyclic) bond motifs is 1. The molecule has 0 aliphatic heterocycles. The third kappa shape index (κ3) is 2.10. The molecule has 0 saturated carbocycles. The summed E-state index contributed by atoms with van der Waals surface area (Å²) < 4.78 is 0. The summed E-state index contributed by atoms with van der Waals surface area (Å²) in [5, 5.41) is 15.0. The summed E-state index contributed by atoms with van der Waals surface area (Å²) in [7, 11) is 0. The van der Waals surface area contributed by atoms with Crippen molar-refractivity contribution in [2.75, 3.05) is 5.32 Å². The minimum atomic E-state index is 0.0786. The molecule has 3 nitrogen and oxygen atoms in total. The van der Waals surface area contributed by atoms with E-state index in [0.29, 0.717) is 17.7 Å². The van der Waals surface area contributed by atoms with Gasteiger partial charge in [0.25, 0.3) is 0 Å². The second kappa shape index (κ2) is 5.05. The van der Waals surface area contributed by atoms with Gasteiger partial charge in [0, 0.05) is 5.56 Å². The smallest absolute Gasteiger partial charge is 0.211 e. The van der Waals surface area contributed by atoms with Crippen molar-refractivity contribution in [3.63, 3.8) is 0 Å². The molecule has 20 heavy (non-hydrogen) atoms. The second-order valence-corrected chi connectivity index (χ2v) is 4.53. The number of hydrogen-bond donors (Lipinski definition) is 2. The van der Waals surface area contributed by atoms with E-state index in [4.69, 9.17) is 0 Å². The Bertz CT molecular complexity index is 781. The van der Waals surface area contributed by atoms with Gasteiger partial charge in [0.1, 0.15) is 5.75 Å². The molecule has 2 N–H and O–H groups in total. The zero-order valence-corrected chi connectivity index (χ0v) is 10.7. The fourth-order valence-electron chi connectivity index (χ4n) is 2.31. The van der Waals surface area contributed by atoms with Gasteiger partial charge in [-0.25, -0.2) is 0 Å². The van der Waals surface area contributed by atoms with Crippen molar-refractivity contribution in [1.82, 2.24) is 0 Å². The zero-order chi connectivity index (χ0) is 13.9. The molecule has 0 aromatic heterocycles. The van der Waals surface area contributed by atoms with Crippen LogP contribution in [-0.4, -0.2) is 11.5 Å². The summed E-state index contributed by atoms with van der Waals surface area (Å²) in [6.45, 7) is 0. The molecule has 0 fully saturated rings. The molecule has 0 saturated heterocycles. The van der Waals surface area contributed by atoms with E-state index >= 15 is 0 Å². The minimum absolute atomic E-state index is 0.0786. The maximum absolute atomic E-state index is 10.5. The van der Waals surface area contributed by atoms with E-state index < -0.39 is 0 Å². The van der Waals surface area contributed by atoms with Crippen molar-refractivity contribution >= 4 is 22.9 Å². The number of hydrogen-bond acceptors (Lipinski definition) is 2. The summed E-state index contributed by atoms with van der Waals surface area (Å²) in [4.78, 5) is 10.5. The maximum atomic E-state index is 10.5. The lowest BCUT2D eigenvalue weighted by Crippen LogP contribution is -1.94. The Labute approximate surface area is 116 Å². The predicted molar refractivity (Wildman–Crippen MR) is 80.7 cm³/mol. The first kappa shape index (κ1) is 12.2. The number of carbonyl (C=O) groups excluding carboxylic acids is 1. The van der Waals surface area contributed by atoms with Crippen LogP contribution in [0.4, 0.5) is 5.69 Å². The van der Waals surface area contributed by atoms with Crippen molar-refractivity contribution in [1.29, 1.82) is 0 Å². The van der Waals surface area contributed by atoms with Gasteiger partial charge in [0.05, 0.1) is 5.69 Å². The highest BCUT2D eigenvalue weighted by molar-refractivity contribution is 5.90. The van der Waals surface area contributed by atoms with Crippen molar-refractivity contribution in [3.05, 3.63) is 60.7 Å². The van der Waals surface area contributed by atoms with E-state index in [0.717, 1.165) is 16.3 Å². The Kier molecular flexibility index (Phi) is 3.09. The number of phenolic OH excluding ortho intramolecular Hbond substituents is 1.